The van der Waals surface area contributed by atoms with Crippen LogP contribution in [0.4, 0.5) is 39.5 Å². The van der Waals surface area contributed by atoms with Crippen LogP contribution in [0, 0.1) is 32.1 Å². The number of aryl methyl sites for hydroxylation is 3. The molecule has 3 nitrogen and oxygen atoms in total. The first-order valence-corrected chi connectivity index (χ1v) is 23.1. The maximum absolute atomic E-state index is 14.4. The van der Waals surface area contributed by atoms with E-state index in [2.05, 4.69) is 37.3 Å². The fraction of sp³-hybridized carbons (Fsp3) is 0.0984. The van der Waals surface area contributed by atoms with Crippen LogP contribution in [0.1, 0.15) is 38.9 Å². The predicted octanol–water partition coefficient (Wildman–Crippen LogP) is 18.4. The number of para-hydroxylation sites is 2. The molecule has 0 amide bonds. The molecule has 0 spiro atoms. The summed E-state index contributed by atoms with van der Waals surface area (Å²) in [6.07, 6.45) is -14.7. The highest BCUT2D eigenvalue weighted by Crippen LogP contribution is 2.46. The van der Waals surface area contributed by atoms with Crippen LogP contribution >= 0.6 is 0 Å². The molecule has 73 heavy (non-hydrogen) atoms. The van der Waals surface area contributed by atoms with Gasteiger partial charge < -0.3 is 9.13 Å². The minimum Gasteiger partial charge on any atom is -0.309 e. The van der Waals surface area contributed by atoms with Gasteiger partial charge in [-0.2, -0.15) is 44.8 Å². The Morgan fingerprint density at radius 1 is 0.356 bits per heavy atom. The van der Waals surface area contributed by atoms with Crippen molar-refractivity contribution in [3.8, 4) is 62.0 Å². The summed E-state index contributed by atoms with van der Waals surface area (Å²) in [4.78, 5) is 0. The fourth-order valence-electron chi connectivity index (χ4n) is 10.4. The number of rotatable bonds is 6. The van der Waals surface area contributed by atoms with Gasteiger partial charge in [0.15, 0.2) is 0 Å². The van der Waals surface area contributed by atoms with E-state index in [1.165, 1.54) is 12.1 Å². The highest BCUT2D eigenvalue weighted by Gasteiger charge is 2.37. The van der Waals surface area contributed by atoms with E-state index in [0.717, 1.165) is 67.0 Å². The fourth-order valence-corrected chi connectivity index (χ4v) is 10.4. The minimum atomic E-state index is -5.10. The molecule has 2 aromatic heterocycles. The average Bonchev–Trinajstić information content (AvgIpc) is 3.87. The highest BCUT2D eigenvalue weighted by atomic mass is 19.4. The van der Waals surface area contributed by atoms with Gasteiger partial charge in [0, 0.05) is 32.7 Å². The summed E-state index contributed by atoms with van der Waals surface area (Å²) in [6.45, 7) is 5.70. The van der Waals surface area contributed by atoms with E-state index >= 15 is 0 Å². The number of aromatic nitrogens is 2. The molecule has 9 aromatic carbocycles. The topological polar surface area (TPSA) is 33.6 Å². The Hall–Kier alpha value is -8.56. The van der Waals surface area contributed by atoms with Crippen molar-refractivity contribution in [2.75, 3.05) is 0 Å². The Bertz CT molecular complexity index is 4070. The van der Waals surface area contributed by atoms with Crippen LogP contribution < -0.4 is 0 Å². The number of nitriles is 1. The van der Waals surface area contributed by atoms with Crippen molar-refractivity contribution < 1.29 is 39.5 Å². The Morgan fingerprint density at radius 3 is 1.38 bits per heavy atom. The van der Waals surface area contributed by atoms with Gasteiger partial charge in [-0.1, -0.05) is 90.5 Å². The van der Waals surface area contributed by atoms with Gasteiger partial charge in [-0.05, 0) is 156 Å². The zero-order chi connectivity index (χ0) is 51.3. The monoisotopic (exact) mass is 983 g/mol. The van der Waals surface area contributed by atoms with Crippen LogP contribution in [0.25, 0.3) is 99.5 Å². The molecule has 0 aliphatic carbocycles. The third-order valence-corrected chi connectivity index (χ3v) is 13.7. The van der Waals surface area contributed by atoms with Crippen molar-refractivity contribution in [1.82, 2.24) is 9.13 Å². The molecule has 2 heterocycles. The maximum atomic E-state index is 14.4. The lowest BCUT2D eigenvalue weighted by Gasteiger charge is -2.21. The number of halogens is 9. The molecule has 0 saturated heterocycles. The van der Waals surface area contributed by atoms with Crippen LogP contribution in [0.5, 0.6) is 0 Å². The molecule has 0 unspecified atom stereocenters. The average molecular weight is 984 g/mol. The molecule has 360 valence electrons. The quantitative estimate of drug-likeness (QED) is 0.153. The Kier molecular flexibility index (Phi) is 10.9. The summed E-state index contributed by atoms with van der Waals surface area (Å²) < 4.78 is 132. The van der Waals surface area contributed by atoms with E-state index in [0.29, 0.717) is 62.4 Å². The first-order chi connectivity index (χ1) is 34.8. The van der Waals surface area contributed by atoms with Gasteiger partial charge in [0.25, 0.3) is 0 Å². The van der Waals surface area contributed by atoms with E-state index in [4.69, 9.17) is 0 Å². The summed E-state index contributed by atoms with van der Waals surface area (Å²) in [5.74, 6) is 0. The number of benzene rings is 9. The molecule has 0 atom stereocenters. The number of alkyl halides is 9. The molecule has 12 heteroatoms. The van der Waals surface area contributed by atoms with Crippen molar-refractivity contribution >= 4 is 43.6 Å². The zero-order valence-electron chi connectivity index (χ0n) is 39.0. The number of hydrogen-bond donors (Lipinski definition) is 0. The van der Waals surface area contributed by atoms with E-state index in [1.54, 1.807) is 37.3 Å². The van der Waals surface area contributed by atoms with Gasteiger partial charge in [0.2, 0.25) is 0 Å². The van der Waals surface area contributed by atoms with Crippen molar-refractivity contribution in [2.45, 2.75) is 39.3 Å². The largest absolute Gasteiger partial charge is 0.416 e. The SMILES string of the molecule is Cc1ccc(-c2ccc3c(c2)c2ccccc2n3-c2ccc(-c3cc(C(F)(F)F)cc(C(F)(F)F)c3)cc2-c2ccc(C#N)cc2-n2c3ccccc3c3cc(-c4ccc(C(F)(F)F)cc4C)ccc32)c(C)c1. The second-order valence-electron chi connectivity index (χ2n) is 18.4. The van der Waals surface area contributed by atoms with Gasteiger partial charge >= 0.3 is 18.5 Å². The Labute approximate surface area is 412 Å². The maximum Gasteiger partial charge on any atom is 0.416 e. The minimum absolute atomic E-state index is 0.0716. The standard InChI is InChI=1S/C61H38F9N3/c1-34-12-18-45(35(2)24-34)39-15-22-56-51(30-39)47-8-4-6-10-53(47)72(56)55-21-14-38(41-27-43(60(65,66)67)32-44(28-41)61(68,69)70)29-50(55)49-19-13-37(33-71)26-58(49)73-54-11-7-5-9-48(54)52-31-40(16-23-57(52)73)46-20-17-42(25-36(46)3)59(62,63)64/h4-32H,1-3H3. The molecule has 0 bridgehead atoms. The lowest BCUT2D eigenvalue weighted by atomic mass is 9.93. The van der Waals surface area contributed by atoms with E-state index in [-0.39, 0.29) is 22.8 Å². The lowest BCUT2D eigenvalue weighted by Crippen LogP contribution is -2.11. The molecule has 0 aliphatic rings. The third-order valence-electron chi connectivity index (χ3n) is 13.7. The van der Waals surface area contributed by atoms with Gasteiger partial charge in [0.05, 0.1) is 61.8 Å². The smallest absolute Gasteiger partial charge is 0.309 e. The van der Waals surface area contributed by atoms with E-state index in [9.17, 15) is 44.8 Å². The third kappa shape index (κ3) is 8.15. The summed E-state index contributed by atoms with van der Waals surface area (Å²) in [5.41, 5.74) is 7.09. The molecular formula is C61H38F9N3. The van der Waals surface area contributed by atoms with Crippen molar-refractivity contribution in [1.29, 1.82) is 5.26 Å². The van der Waals surface area contributed by atoms with Gasteiger partial charge in [-0.15, -0.1) is 0 Å². The van der Waals surface area contributed by atoms with E-state index < -0.39 is 35.2 Å². The summed E-state index contributed by atoms with van der Waals surface area (Å²) in [7, 11) is 0. The highest BCUT2D eigenvalue weighted by molar-refractivity contribution is 6.13. The van der Waals surface area contributed by atoms with Crippen molar-refractivity contribution in [3.63, 3.8) is 0 Å². The molecule has 0 N–H and O–H groups in total. The first-order valence-electron chi connectivity index (χ1n) is 23.1. The number of nitrogens with zero attached hydrogens (tertiary/aromatic N) is 3. The second kappa shape index (κ2) is 17.1. The first kappa shape index (κ1) is 46.8. The summed E-state index contributed by atoms with van der Waals surface area (Å²) >= 11 is 0. The Balaban J connectivity index is 1.21. The molecule has 0 saturated carbocycles. The second-order valence-corrected chi connectivity index (χ2v) is 18.4. The molecule has 0 radical (unpaired) electrons. The van der Waals surface area contributed by atoms with Gasteiger partial charge in [-0.3, -0.25) is 0 Å². The molecule has 0 fully saturated rings. The summed E-state index contributed by atoms with van der Waals surface area (Å²) in [5, 5.41) is 13.7. The number of hydrogen-bond acceptors (Lipinski definition) is 1. The summed E-state index contributed by atoms with van der Waals surface area (Å²) in [6, 6.07) is 50.5. The lowest BCUT2D eigenvalue weighted by molar-refractivity contribution is -0.143. The predicted molar refractivity (Wildman–Crippen MR) is 271 cm³/mol. The van der Waals surface area contributed by atoms with Crippen LogP contribution in [0.2, 0.25) is 0 Å². The molecule has 0 aliphatic heterocycles. The van der Waals surface area contributed by atoms with Gasteiger partial charge in [0.1, 0.15) is 0 Å². The molecular weight excluding hydrogens is 946 g/mol. The Morgan fingerprint density at radius 2 is 0.849 bits per heavy atom. The normalized spacial score (nSPS) is 12.4. The van der Waals surface area contributed by atoms with Crippen molar-refractivity contribution in [2.24, 2.45) is 0 Å². The molecule has 11 rings (SSSR count). The van der Waals surface area contributed by atoms with Crippen molar-refractivity contribution in [3.05, 3.63) is 215 Å². The van der Waals surface area contributed by atoms with Crippen LogP contribution in [0.15, 0.2) is 176 Å². The van der Waals surface area contributed by atoms with Crippen LogP contribution in [-0.4, -0.2) is 9.13 Å². The van der Waals surface area contributed by atoms with Crippen LogP contribution in [0.3, 0.4) is 0 Å². The number of fused-ring (bicyclic) bond motifs is 6. The molecule has 11 aromatic rings. The van der Waals surface area contributed by atoms with Gasteiger partial charge in [-0.25, -0.2) is 0 Å². The zero-order valence-corrected chi connectivity index (χ0v) is 39.0. The van der Waals surface area contributed by atoms with E-state index in [1.807, 2.05) is 94.9 Å². The van der Waals surface area contributed by atoms with Crippen LogP contribution in [-0.2, 0) is 18.5 Å².